The van der Waals surface area contributed by atoms with Crippen LogP contribution in [0.4, 0.5) is 10.1 Å². The van der Waals surface area contributed by atoms with Crippen LogP contribution in [0.3, 0.4) is 0 Å². The molecule has 1 aliphatic rings. The number of piperazine rings is 1. The van der Waals surface area contributed by atoms with Gasteiger partial charge in [0.2, 0.25) is 0 Å². The number of methoxy groups -OCH3 is 1. The van der Waals surface area contributed by atoms with Gasteiger partial charge in [0.1, 0.15) is 11.6 Å². The van der Waals surface area contributed by atoms with E-state index in [0.29, 0.717) is 5.56 Å². The number of carbonyl (C=O) groups is 1. The van der Waals surface area contributed by atoms with E-state index >= 15 is 0 Å². The minimum Gasteiger partial charge on any atom is -0.497 e. The summed E-state index contributed by atoms with van der Waals surface area (Å²) in [4.78, 5) is 18.8. The number of carbonyl (C=O) groups excluding carboxylic acids is 1. The van der Waals surface area contributed by atoms with Crippen molar-refractivity contribution >= 4 is 22.9 Å². The fraction of sp³-hybridized carbons (Fsp3) is 0.320. The van der Waals surface area contributed by atoms with Crippen molar-refractivity contribution in [2.45, 2.75) is 19.0 Å². The largest absolute Gasteiger partial charge is 0.497 e. The lowest BCUT2D eigenvalue weighted by Gasteiger charge is -2.42. The summed E-state index contributed by atoms with van der Waals surface area (Å²) in [7, 11) is 1.61. The first kappa shape index (κ1) is 22.3. The summed E-state index contributed by atoms with van der Waals surface area (Å²) in [6.45, 7) is 5.50. The zero-order chi connectivity index (χ0) is 22.5. The third kappa shape index (κ3) is 5.11. The van der Waals surface area contributed by atoms with E-state index in [2.05, 4.69) is 39.6 Å². The van der Waals surface area contributed by atoms with Crippen molar-refractivity contribution < 1.29 is 13.9 Å². The molecule has 168 valence electrons. The number of nitrogens with one attached hydrogen (secondary N) is 1. The highest BCUT2D eigenvalue weighted by Crippen LogP contribution is 2.30. The molecule has 0 spiro atoms. The second-order valence-corrected chi connectivity index (χ2v) is 8.93. The number of ether oxygens (including phenoxy) is 1. The van der Waals surface area contributed by atoms with Gasteiger partial charge in [-0.15, -0.1) is 11.3 Å². The monoisotopic (exact) mass is 453 g/mol. The van der Waals surface area contributed by atoms with Gasteiger partial charge in [-0.05, 0) is 66.9 Å². The van der Waals surface area contributed by atoms with Crippen molar-refractivity contribution in [2.24, 2.45) is 0 Å². The van der Waals surface area contributed by atoms with Crippen molar-refractivity contribution in [3.8, 4) is 5.75 Å². The van der Waals surface area contributed by atoms with Gasteiger partial charge in [-0.1, -0.05) is 6.07 Å². The Morgan fingerprint density at radius 1 is 1.03 bits per heavy atom. The molecule has 1 N–H and O–H groups in total. The van der Waals surface area contributed by atoms with Crippen molar-refractivity contribution in [2.75, 3.05) is 38.2 Å². The standard InChI is InChI=1S/C25H28FN3O2S/c1-18(27-25(30)19-5-11-22(31-2)12-6-19)24(23-4-3-17-32-23)29-15-13-28(14-16-29)21-9-7-20(26)8-10-21/h3-12,17-18,24H,13-16H2,1-2H3,(H,27,30). The van der Waals surface area contributed by atoms with Crippen LogP contribution < -0.4 is 15.0 Å². The van der Waals surface area contributed by atoms with Crippen LogP contribution in [-0.4, -0.2) is 50.1 Å². The number of halogens is 1. The number of nitrogens with zero attached hydrogens (tertiary/aromatic N) is 2. The summed E-state index contributed by atoms with van der Waals surface area (Å²) in [6, 6.07) is 18.0. The Bertz CT molecular complexity index is 1000. The Morgan fingerprint density at radius 3 is 2.31 bits per heavy atom. The third-order valence-corrected chi connectivity index (χ3v) is 6.86. The summed E-state index contributed by atoms with van der Waals surface area (Å²) in [5.41, 5.74) is 1.66. The fourth-order valence-electron chi connectivity index (χ4n) is 4.22. The molecule has 3 aromatic rings. The maximum absolute atomic E-state index is 13.3. The smallest absolute Gasteiger partial charge is 0.251 e. The first-order valence-electron chi connectivity index (χ1n) is 10.8. The topological polar surface area (TPSA) is 44.8 Å². The van der Waals surface area contributed by atoms with Gasteiger partial charge < -0.3 is 15.0 Å². The van der Waals surface area contributed by atoms with E-state index in [9.17, 15) is 9.18 Å². The van der Waals surface area contributed by atoms with Crippen LogP contribution >= 0.6 is 11.3 Å². The molecule has 1 fully saturated rings. The van der Waals surface area contributed by atoms with Crippen LogP contribution in [0.1, 0.15) is 28.2 Å². The van der Waals surface area contributed by atoms with Crippen molar-refractivity contribution in [1.82, 2.24) is 10.2 Å². The molecule has 4 rings (SSSR count). The van der Waals surface area contributed by atoms with E-state index in [-0.39, 0.29) is 23.8 Å². The molecule has 1 amide bonds. The molecular weight excluding hydrogens is 425 g/mol. The quantitative estimate of drug-likeness (QED) is 0.569. The molecular formula is C25H28FN3O2S. The molecule has 7 heteroatoms. The van der Waals surface area contributed by atoms with Crippen LogP contribution in [0.25, 0.3) is 0 Å². The molecule has 0 bridgehead atoms. The summed E-state index contributed by atoms with van der Waals surface area (Å²) in [5.74, 6) is 0.420. The number of thiophene rings is 1. The third-order valence-electron chi connectivity index (χ3n) is 5.92. The summed E-state index contributed by atoms with van der Waals surface area (Å²) >= 11 is 1.71. The van der Waals surface area contributed by atoms with Gasteiger partial charge in [0.15, 0.2) is 0 Å². The normalized spacial score (nSPS) is 16.4. The van der Waals surface area contributed by atoms with E-state index < -0.39 is 0 Å². The minimum absolute atomic E-state index is 0.0689. The molecule has 2 unspecified atom stereocenters. The first-order valence-corrected chi connectivity index (χ1v) is 11.7. The number of hydrogen-bond donors (Lipinski definition) is 1. The Hall–Kier alpha value is -2.90. The Morgan fingerprint density at radius 2 is 1.72 bits per heavy atom. The Labute approximate surface area is 192 Å². The summed E-state index contributed by atoms with van der Waals surface area (Å²) < 4.78 is 18.4. The maximum atomic E-state index is 13.3. The highest BCUT2D eigenvalue weighted by atomic mass is 32.1. The van der Waals surface area contributed by atoms with Crippen LogP contribution in [0, 0.1) is 5.82 Å². The van der Waals surface area contributed by atoms with E-state index in [4.69, 9.17) is 4.74 Å². The molecule has 5 nitrogen and oxygen atoms in total. The number of rotatable bonds is 7. The zero-order valence-corrected chi connectivity index (χ0v) is 19.1. The van der Waals surface area contributed by atoms with Gasteiger partial charge in [-0.25, -0.2) is 4.39 Å². The maximum Gasteiger partial charge on any atom is 0.251 e. The number of benzene rings is 2. The highest BCUT2D eigenvalue weighted by molar-refractivity contribution is 7.10. The highest BCUT2D eigenvalue weighted by Gasteiger charge is 2.31. The van der Waals surface area contributed by atoms with Crippen LogP contribution in [-0.2, 0) is 0 Å². The molecule has 0 aliphatic carbocycles. The first-order chi connectivity index (χ1) is 15.5. The predicted octanol–water partition coefficient (Wildman–Crippen LogP) is 4.58. The Kier molecular flexibility index (Phi) is 7.07. The van der Waals surface area contributed by atoms with Crippen molar-refractivity contribution in [3.63, 3.8) is 0 Å². The molecule has 1 saturated heterocycles. The minimum atomic E-state index is -0.216. The molecule has 0 saturated carbocycles. The van der Waals surface area contributed by atoms with Crippen molar-refractivity contribution in [3.05, 3.63) is 82.3 Å². The molecule has 0 radical (unpaired) electrons. The average molecular weight is 454 g/mol. The average Bonchev–Trinajstić information content (AvgIpc) is 3.34. The second kappa shape index (κ2) is 10.1. The van der Waals surface area contributed by atoms with E-state index in [1.807, 2.05) is 12.1 Å². The molecule has 32 heavy (non-hydrogen) atoms. The lowest BCUT2D eigenvalue weighted by atomic mass is 10.0. The van der Waals surface area contributed by atoms with Crippen molar-refractivity contribution in [1.29, 1.82) is 0 Å². The SMILES string of the molecule is COc1ccc(C(=O)NC(C)C(c2cccs2)N2CCN(c3ccc(F)cc3)CC2)cc1. The lowest BCUT2D eigenvalue weighted by Crippen LogP contribution is -2.52. The summed E-state index contributed by atoms with van der Waals surface area (Å²) in [5, 5.41) is 5.28. The predicted molar refractivity (Wildman–Crippen MR) is 127 cm³/mol. The molecule has 2 atom stereocenters. The van der Waals surface area contributed by atoms with E-state index in [1.54, 1.807) is 42.7 Å². The second-order valence-electron chi connectivity index (χ2n) is 7.95. The van der Waals surface area contributed by atoms with Gasteiger partial charge in [-0.2, -0.15) is 0 Å². The van der Waals surface area contributed by atoms with E-state index in [0.717, 1.165) is 37.6 Å². The van der Waals surface area contributed by atoms with Gasteiger partial charge in [0.05, 0.1) is 13.2 Å². The molecule has 2 heterocycles. The van der Waals surface area contributed by atoms with Gasteiger partial charge in [0, 0.05) is 48.3 Å². The van der Waals surface area contributed by atoms with Crippen LogP contribution in [0.2, 0.25) is 0 Å². The van der Waals surface area contributed by atoms with Gasteiger partial charge in [0.25, 0.3) is 5.91 Å². The molecule has 2 aromatic carbocycles. The van der Waals surface area contributed by atoms with E-state index in [1.165, 1.54) is 17.0 Å². The van der Waals surface area contributed by atoms with Crippen LogP contribution in [0.5, 0.6) is 5.75 Å². The van der Waals surface area contributed by atoms with Crippen LogP contribution in [0.15, 0.2) is 66.0 Å². The number of anilines is 1. The fourth-order valence-corrected chi connectivity index (χ4v) is 5.19. The molecule has 1 aliphatic heterocycles. The number of hydrogen-bond acceptors (Lipinski definition) is 5. The van der Waals surface area contributed by atoms with Gasteiger partial charge >= 0.3 is 0 Å². The Balaban J connectivity index is 1.44. The molecule has 1 aromatic heterocycles. The summed E-state index contributed by atoms with van der Waals surface area (Å²) in [6.07, 6.45) is 0. The lowest BCUT2D eigenvalue weighted by molar-refractivity contribution is 0.0890. The number of amides is 1. The van der Waals surface area contributed by atoms with Gasteiger partial charge in [-0.3, -0.25) is 9.69 Å². The zero-order valence-electron chi connectivity index (χ0n) is 18.3.